The first kappa shape index (κ1) is 23.1. The van der Waals surface area contributed by atoms with Gasteiger partial charge < -0.3 is 35.9 Å². The van der Waals surface area contributed by atoms with E-state index in [0.29, 0.717) is 30.0 Å². The SMILES string of the molecule is N=C/C(=C\NCCc1ccc2c(n1)NCCC2)C(=O)NC(CC(=O)O)c1ccc2c(c1)OCO2. The predicted octanol–water partition coefficient (Wildman–Crippen LogP) is 2.17. The molecule has 3 heterocycles. The number of aryl methyl sites for hydroxylation is 1. The molecule has 1 amide bonds. The fourth-order valence-electron chi connectivity index (χ4n) is 3.86. The highest BCUT2D eigenvalue weighted by atomic mass is 16.7. The maximum absolute atomic E-state index is 12.8. The molecule has 0 radical (unpaired) electrons. The molecule has 0 saturated carbocycles. The molecule has 0 bridgehead atoms. The monoisotopic (exact) mass is 465 g/mol. The van der Waals surface area contributed by atoms with E-state index in [2.05, 4.69) is 27.0 Å². The maximum atomic E-state index is 12.8. The largest absolute Gasteiger partial charge is 0.481 e. The number of carboxylic acids is 1. The van der Waals surface area contributed by atoms with Gasteiger partial charge in [0.1, 0.15) is 5.82 Å². The van der Waals surface area contributed by atoms with Crippen molar-refractivity contribution in [1.29, 1.82) is 5.41 Å². The number of aliphatic carboxylic acids is 1. The quantitative estimate of drug-likeness (QED) is 0.204. The Kier molecular flexibility index (Phi) is 7.26. The Labute approximate surface area is 196 Å². The van der Waals surface area contributed by atoms with Crippen LogP contribution in [0.15, 0.2) is 42.1 Å². The summed E-state index contributed by atoms with van der Waals surface area (Å²) in [5, 5.41) is 26.0. The summed E-state index contributed by atoms with van der Waals surface area (Å²) in [6, 6.07) is 8.32. The smallest absolute Gasteiger partial charge is 0.305 e. The molecular weight excluding hydrogens is 438 g/mol. The van der Waals surface area contributed by atoms with Crippen LogP contribution in [0, 0.1) is 5.41 Å². The van der Waals surface area contributed by atoms with Gasteiger partial charge in [0.15, 0.2) is 11.5 Å². The molecule has 2 aliphatic heterocycles. The van der Waals surface area contributed by atoms with Crippen molar-refractivity contribution in [1.82, 2.24) is 15.6 Å². The van der Waals surface area contributed by atoms with Gasteiger partial charge in [0.25, 0.3) is 5.91 Å². The van der Waals surface area contributed by atoms with Crippen LogP contribution < -0.4 is 25.4 Å². The second-order valence-electron chi connectivity index (χ2n) is 8.03. The van der Waals surface area contributed by atoms with E-state index in [1.807, 2.05) is 6.07 Å². The molecule has 1 aromatic heterocycles. The van der Waals surface area contributed by atoms with E-state index >= 15 is 0 Å². The molecule has 1 atom stereocenters. The molecule has 4 rings (SSSR count). The maximum Gasteiger partial charge on any atom is 0.305 e. The molecule has 10 nitrogen and oxygen atoms in total. The summed E-state index contributed by atoms with van der Waals surface area (Å²) in [4.78, 5) is 28.8. The third-order valence-electron chi connectivity index (χ3n) is 5.64. The number of rotatable bonds is 10. The summed E-state index contributed by atoms with van der Waals surface area (Å²) < 4.78 is 10.6. The van der Waals surface area contributed by atoms with Gasteiger partial charge in [0.05, 0.1) is 18.0 Å². The number of amides is 1. The van der Waals surface area contributed by atoms with E-state index in [1.54, 1.807) is 18.2 Å². The highest BCUT2D eigenvalue weighted by molar-refractivity contribution is 6.11. The number of nitrogens with zero attached hydrogens (tertiary/aromatic N) is 1. The zero-order valence-electron chi connectivity index (χ0n) is 18.6. The van der Waals surface area contributed by atoms with Crippen LogP contribution in [0.2, 0.25) is 0 Å². The summed E-state index contributed by atoms with van der Waals surface area (Å²) >= 11 is 0. The lowest BCUT2D eigenvalue weighted by molar-refractivity contribution is -0.137. The van der Waals surface area contributed by atoms with Crippen molar-refractivity contribution >= 4 is 23.9 Å². The molecule has 34 heavy (non-hydrogen) atoms. The minimum atomic E-state index is -1.06. The van der Waals surface area contributed by atoms with Gasteiger partial charge in [-0.25, -0.2) is 4.98 Å². The van der Waals surface area contributed by atoms with Gasteiger partial charge in [-0.1, -0.05) is 12.1 Å². The summed E-state index contributed by atoms with van der Waals surface area (Å²) in [5.41, 5.74) is 2.81. The number of nitrogens with one attached hydrogen (secondary N) is 4. The van der Waals surface area contributed by atoms with E-state index in [4.69, 9.17) is 14.9 Å². The molecule has 2 aliphatic rings. The Morgan fingerprint density at radius 1 is 1.24 bits per heavy atom. The molecule has 0 spiro atoms. The number of carboxylic acid groups (broad SMARTS) is 1. The van der Waals surface area contributed by atoms with Crippen molar-refractivity contribution in [2.75, 3.05) is 25.2 Å². The zero-order valence-corrected chi connectivity index (χ0v) is 18.6. The van der Waals surface area contributed by atoms with Gasteiger partial charge in [0.2, 0.25) is 6.79 Å². The second-order valence-corrected chi connectivity index (χ2v) is 8.03. The van der Waals surface area contributed by atoms with Crippen LogP contribution in [0.1, 0.15) is 35.7 Å². The first-order valence-electron chi connectivity index (χ1n) is 11.1. The topological polar surface area (TPSA) is 146 Å². The minimum Gasteiger partial charge on any atom is -0.481 e. The van der Waals surface area contributed by atoms with E-state index in [1.165, 1.54) is 11.8 Å². The van der Waals surface area contributed by atoms with Crippen molar-refractivity contribution in [2.24, 2.45) is 0 Å². The number of pyridine rings is 1. The summed E-state index contributed by atoms with van der Waals surface area (Å²) in [6.45, 7) is 1.55. The standard InChI is InChI=1S/C24H27N5O5/c25-12-17(13-26-9-7-18-5-3-15-2-1-8-27-23(15)28-18)24(32)29-19(11-22(30)31)16-4-6-20-21(10-16)34-14-33-20/h3-6,10,12-13,19,25-26H,1-2,7-9,11,14H2,(H,27,28)(H,29,32)(H,30,31)/b17-13+,25-12?. The van der Waals surface area contributed by atoms with Gasteiger partial charge in [-0.05, 0) is 42.2 Å². The van der Waals surface area contributed by atoms with Gasteiger partial charge in [-0.3, -0.25) is 9.59 Å². The molecule has 5 N–H and O–H groups in total. The van der Waals surface area contributed by atoms with Crippen LogP contribution in [-0.2, 0) is 22.4 Å². The lowest BCUT2D eigenvalue weighted by atomic mass is 10.0. The van der Waals surface area contributed by atoms with E-state index in [-0.39, 0.29) is 18.8 Å². The number of hydrogen-bond acceptors (Lipinski definition) is 8. The van der Waals surface area contributed by atoms with Gasteiger partial charge in [-0.15, -0.1) is 0 Å². The van der Waals surface area contributed by atoms with Gasteiger partial charge >= 0.3 is 5.97 Å². The van der Waals surface area contributed by atoms with Crippen molar-refractivity contribution < 1.29 is 24.2 Å². The molecular formula is C24H27N5O5. The average Bonchev–Trinajstić information content (AvgIpc) is 3.31. The second kappa shape index (κ2) is 10.7. The summed E-state index contributed by atoms with van der Waals surface area (Å²) in [5.74, 6) is 0.387. The molecule has 0 aliphatic carbocycles. The first-order valence-corrected chi connectivity index (χ1v) is 11.1. The number of carbonyl (C=O) groups is 2. The lowest BCUT2D eigenvalue weighted by Crippen LogP contribution is -2.32. The molecule has 178 valence electrons. The molecule has 1 unspecified atom stereocenters. The molecule has 0 saturated heterocycles. The van der Waals surface area contributed by atoms with Crippen molar-refractivity contribution in [3.63, 3.8) is 0 Å². The van der Waals surface area contributed by atoms with Gasteiger partial charge in [0, 0.05) is 37.6 Å². The fourth-order valence-corrected chi connectivity index (χ4v) is 3.86. The number of aromatic nitrogens is 1. The number of fused-ring (bicyclic) bond motifs is 2. The molecule has 1 aromatic carbocycles. The Bertz CT molecular complexity index is 1120. The number of carbonyl (C=O) groups excluding carboxylic acids is 1. The number of benzene rings is 1. The third kappa shape index (κ3) is 5.64. The highest BCUT2D eigenvalue weighted by Crippen LogP contribution is 2.34. The Morgan fingerprint density at radius 2 is 2.09 bits per heavy atom. The van der Waals surface area contributed by atoms with Gasteiger partial charge in [-0.2, -0.15) is 0 Å². The van der Waals surface area contributed by atoms with E-state index < -0.39 is 17.9 Å². The summed E-state index contributed by atoms with van der Waals surface area (Å²) in [6.07, 6.45) is 4.86. The molecule has 2 aromatic rings. The van der Waals surface area contributed by atoms with Crippen LogP contribution in [0.5, 0.6) is 11.5 Å². The van der Waals surface area contributed by atoms with Crippen LogP contribution >= 0.6 is 0 Å². The molecule has 10 heteroatoms. The first-order chi connectivity index (χ1) is 16.5. The van der Waals surface area contributed by atoms with Crippen LogP contribution in [0.3, 0.4) is 0 Å². The average molecular weight is 466 g/mol. The lowest BCUT2D eigenvalue weighted by Gasteiger charge is -2.18. The Hall–Kier alpha value is -4.08. The Balaban J connectivity index is 1.36. The fraction of sp³-hybridized carbons (Fsp3) is 0.333. The normalized spacial score (nSPS) is 15.0. The minimum absolute atomic E-state index is 0.0798. The number of hydrogen-bond donors (Lipinski definition) is 5. The highest BCUT2D eigenvalue weighted by Gasteiger charge is 2.22. The van der Waals surface area contributed by atoms with Crippen molar-refractivity contribution in [2.45, 2.75) is 31.7 Å². The summed E-state index contributed by atoms with van der Waals surface area (Å²) in [7, 11) is 0. The molecule has 0 fully saturated rings. The predicted molar refractivity (Wildman–Crippen MR) is 125 cm³/mol. The number of ether oxygens (including phenoxy) is 2. The van der Waals surface area contributed by atoms with Crippen LogP contribution in [0.25, 0.3) is 0 Å². The van der Waals surface area contributed by atoms with Crippen LogP contribution in [0.4, 0.5) is 5.82 Å². The van der Waals surface area contributed by atoms with E-state index in [9.17, 15) is 14.7 Å². The third-order valence-corrected chi connectivity index (χ3v) is 5.64. The number of anilines is 1. The van der Waals surface area contributed by atoms with E-state index in [0.717, 1.165) is 37.1 Å². The Morgan fingerprint density at radius 3 is 2.91 bits per heavy atom. The van der Waals surface area contributed by atoms with Crippen molar-refractivity contribution in [3.8, 4) is 11.5 Å². The van der Waals surface area contributed by atoms with Crippen molar-refractivity contribution in [3.05, 3.63) is 58.9 Å². The van der Waals surface area contributed by atoms with Crippen LogP contribution in [-0.4, -0.2) is 48.1 Å². The zero-order chi connectivity index (χ0) is 23.9.